The Bertz CT molecular complexity index is 400. The maximum Gasteiger partial charge on any atom is 0.339 e. The zero-order chi connectivity index (χ0) is 11.5. The molecule has 0 aromatic carbocycles. The third kappa shape index (κ3) is 1.99. The Balaban J connectivity index is 2.38. The summed E-state index contributed by atoms with van der Waals surface area (Å²) < 4.78 is 0. The van der Waals surface area contributed by atoms with Gasteiger partial charge < -0.3 is 15.3 Å². The molecular weight excluding hydrogens is 206 g/mol. The minimum atomic E-state index is -0.904. The summed E-state index contributed by atoms with van der Waals surface area (Å²) in [6.45, 7) is 5.15. The van der Waals surface area contributed by atoms with Crippen LogP contribution in [-0.2, 0) is 0 Å². The predicted molar refractivity (Wildman–Crippen MR) is 61.0 cm³/mol. The molecule has 2 heterocycles. The lowest BCUT2D eigenvalue weighted by atomic mass is 10.1. The number of aromatic carboxylic acids is 1. The van der Waals surface area contributed by atoms with Crippen LogP contribution in [0.25, 0.3) is 0 Å². The third-order valence-electron chi connectivity index (χ3n) is 2.77. The highest BCUT2D eigenvalue weighted by atomic mass is 16.4. The number of aromatic nitrogens is 1. The number of nitrogens with one attached hydrogen (secondary N) is 1. The SMILES string of the molecule is Cc1ccnc(N2CCNCC2)c1C(=O)O. The first-order chi connectivity index (χ1) is 7.70. The molecule has 1 fully saturated rings. The van der Waals surface area contributed by atoms with Gasteiger partial charge in [-0.2, -0.15) is 0 Å². The number of carbonyl (C=O) groups is 1. The number of aryl methyl sites for hydroxylation is 1. The summed E-state index contributed by atoms with van der Waals surface area (Å²) in [6, 6.07) is 1.73. The second-order valence-electron chi connectivity index (χ2n) is 3.87. The zero-order valence-electron chi connectivity index (χ0n) is 9.23. The first kappa shape index (κ1) is 10.9. The minimum Gasteiger partial charge on any atom is -0.478 e. The molecule has 0 spiro atoms. The topological polar surface area (TPSA) is 65.5 Å². The van der Waals surface area contributed by atoms with Gasteiger partial charge in [-0.05, 0) is 18.6 Å². The molecule has 2 rings (SSSR count). The van der Waals surface area contributed by atoms with Crippen molar-refractivity contribution < 1.29 is 9.90 Å². The number of carboxylic acid groups (broad SMARTS) is 1. The van der Waals surface area contributed by atoms with Crippen LogP contribution in [0.15, 0.2) is 12.3 Å². The first-order valence-electron chi connectivity index (χ1n) is 5.34. The second kappa shape index (κ2) is 4.49. The van der Waals surface area contributed by atoms with Crippen LogP contribution in [0, 0.1) is 6.92 Å². The molecule has 0 aliphatic carbocycles. The summed E-state index contributed by atoms with van der Waals surface area (Å²) in [7, 11) is 0. The maximum absolute atomic E-state index is 11.2. The molecule has 5 heteroatoms. The molecule has 1 aliphatic rings. The summed E-state index contributed by atoms with van der Waals surface area (Å²) >= 11 is 0. The maximum atomic E-state index is 11.2. The molecular formula is C11H15N3O2. The van der Waals surface area contributed by atoms with Gasteiger partial charge in [-0.1, -0.05) is 0 Å². The van der Waals surface area contributed by atoms with E-state index in [-0.39, 0.29) is 0 Å². The molecule has 0 atom stereocenters. The fourth-order valence-electron chi connectivity index (χ4n) is 1.92. The second-order valence-corrected chi connectivity index (χ2v) is 3.87. The molecule has 5 nitrogen and oxygen atoms in total. The minimum absolute atomic E-state index is 0.324. The number of anilines is 1. The third-order valence-corrected chi connectivity index (χ3v) is 2.77. The van der Waals surface area contributed by atoms with Crippen molar-refractivity contribution in [2.75, 3.05) is 31.1 Å². The highest BCUT2D eigenvalue weighted by Crippen LogP contribution is 2.21. The van der Waals surface area contributed by atoms with Crippen molar-refractivity contribution in [3.05, 3.63) is 23.4 Å². The highest BCUT2D eigenvalue weighted by Gasteiger charge is 2.20. The van der Waals surface area contributed by atoms with Crippen LogP contribution >= 0.6 is 0 Å². The van der Waals surface area contributed by atoms with Gasteiger partial charge in [0, 0.05) is 32.4 Å². The van der Waals surface area contributed by atoms with Gasteiger partial charge in [0.15, 0.2) is 0 Å². The molecule has 0 unspecified atom stereocenters. The molecule has 1 aromatic rings. The van der Waals surface area contributed by atoms with Crippen molar-refractivity contribution in [3.63, 3.8) is 0 Å². The number of pyridine rings is 1. The first-order valence-corrected chi connectivity index (χ1v) is 5.34. The van der Waals surface area contributed by atoms with Crippen molar-refractivity contribution in [1.29, 1.82) is 0 Å². The summed E-state index contributed by atoms with van der Waals surface area (Å²) in [5.74, 6) is -0.312. The average molecular weight is 221 g/mol. The Morgan fingerprint density at radius 2 is 2.19 bits per heavy atom. The fourth-order valence-corrected chi connectivity index (χ4v) is 1.92. The largest absolute Gasteiger partial charge is 0.478 e. The Labute approximate surface area is 94.1 Å². The molecule has 0 amide bonds. The molecule has 16 heavy (non-hydrogen) atoms. The van der Waals surface area contributed by atoms with Crippen LogP contribution in [0.5, 0.6) is 0 Å². The average Bonchev–Trinajstić information content (AvgIpc) is 2.29. The standard InChI is InChI=1S/C11H15N3O2/c1-8-2-3-13-10(9(8)11(15)16)14-6-4-12-5-7-14/h2-3,12H,4-7H2,1H3,(H,15,16). The Kier molecular flexibility index (Phi) is 3.05. The van der Waals surface area contributed by atoms with Crippen molar-refractivity contribution in [2.45, 2.75) is 6.92 Å². The van der Waals surface area contributed by atoms with E-state index in [1.54, 1.807) is 19.2 Å². The summed E-state index contributed by atoms with van der Waals surface area (Å²) in [6.07, 6.45) is 1.67. The van der Waals surface area contributed by atoms with Gasteiger partial charge in [-0.15, -0.1) is 0 Å². The molecule has 0 radical (unpaired) electrons. The van der Waals surface area contributed by atoms with Crippen LogP contribution < -0.4 is 10.2 Å². The normalized spacial score (nSPS) is 16.2. The van der Waals surface area contributed by atoms with E-state index in [0.717, 1.165) is 31.7 Å². The Morgan fingerprint density at radius 1 is 1.50 bits per heavy atom. The molecule has 0 saturated carbocycles. The molecule has 1 saturated heterocycles. The smallest absolute Gasteiger partial charge is 0.339 e. The van der Waals surface area contributed by atoms with Crippen molar-refractivity contribution in [1.82, 2.24) is 10.3 Å². The quantitative estimate of drug-likeness (QED) is 0.761. The Hall–Kier alpha value is -1.62. The van der Waals surface area contributed by atoms with Gasteiger partial charge >= 0.3 is 5.97 Å². The van der Waals surface area contributed by atoms with Crippen LogP contribution in [0.3, 0.4) is 0 Å². The summed E-state index contributed by atoms with van der Waals surface area (Å²) in [5.41, 5.74) is 1.08. The summed E-state index contributed by atoms with van der Waals surface area (Å²) in [4.78, 5) is 17.4. The molecule has 2 N–H and O–H groups in total. The number of rotatable bonds is 2. The van der Waals surface area contributed by atoms with Gasteiger partial charge in [0.05, 0.1) is 0 Å². The monoisotopic (exact) mass is 221 g/mol. The summed E-state index contributed by atoms with van der Waals surface area (Å²) in [5, 5.41) is 12.4. The van der Waals surface area contributed by atoms with Gasteiger partial charge in [0.1, 0.15) is 11.4 Å². The van der Waals surface area contributed by atoms with Gasteiger partial charge in [0.25, 0.3) is 0 Å². The lowest BCUT2D eigenvalue weighted by molar-refractivity contribution is 0.0696. The lowest BCUT2D eigenvalue weighted by Crippen LogP contribution is -2.44. The van der Waals surface area contributed by atoms with Crippen molar-refractivity contribution in [3.8, 4) is 0 Å². The number of piperazine rings is 1. The number of hydrogen-bond donors (Lipinski definition) is 2. The van der Waals surface area contributed by atoms with Gasteiger partial charge in [-0.25, -0.2) is 9.78 Å². The molecule has 0 bridgehead atoms. The van der Waals surface area contributed by atoms with E-state index in [9.17, 15) is 9.90 Å². The van der Waals surface area contributed by atoms with Crippen molar-refractivity contribution >= 4 is 11.8 Å². The van der Waals surface area contributed by atoms with E-state index in [2.05, 4.69) is 10.3 Å². The van der Waals surface area contributed by atoms with Crippen molar-refractivity contribution in [2.24, 2.45) is 0 Å². The fraction of sp³-hybridized carbons (Fsp3) is 0.455. The highest BCUT2D eigenvalue weighted by molar-refractivity contribution is 5.95. The predicted octanol–water partition coefficient (Wildman–Crippen LogP) is 0.498. The lowest BCUT2D eigenvalue weighted by Gasteiger charge is -2.29. The van der Waals surface area contributed by atoms with E-state index >= 15 is 0 Å². The number of carboxylic acids is 1. The number of nitrogens with zero attached hydrogens (tertiary/aromatic N) is 2. The van der Waals surface area contributed by atoms with Crippen LogP contribution in [0.1, 0.15) is 15.9 Å². The van der Waals surface area contributed by atoms with Crippen LogP contribution in [0.4, 0.5) is 5.82 Å². The van der Waals surface area contributed by atoms with E-state index in [1.165, 1.54) is 0 Å². The molecule has 1 aliphatic heterocycles. The van der Waals surface area contributed by atoms with Crippen LogP contribution in [0.2, 0.25) is 0 Å². The molecule has 86 valence electrons. The van der Waals surface area contributed by atoms with Gasteiger partial charge in [0.2, 0.25) is 0 Å². The Morgan fingerprint density at radius 3 is 2.81 bits per heavy atom. The zero-order valence-corrected chi connectivity index (χ0v) is 9.23. The number of hydrogen-bond acceptors (Lipinski definition) is 4. The van der Waals surface area contributed by atoms with Crippen LogP contribution in [-0.4, -0.2) is 42.2 Å². The van der Waals surface area contributed by atoms with E-state index in [4.69, 9.17) is 0 Å². The van der Waals surface area contributed by atoms with E-state index in [1.807, 2.05) is 4.90 Å². The van der Waals surface area contributed by atoms with E-state index in [0.29, 0.717) is 11.4 Å². The van der Waals surface area contributed by atoms with Gasteiger partial charge in [-0.3, -0.25) is 0 Å². The molecule has 1 aromatic heterocycles. The van der Waals surface area contributed by atoms with E-state index < -0.39 is 5.97 Å².